The number of rotatable bonds is 9. The van der Waals surface area contributed by atoms with Gasteiger partial charge in [0.15, 0.2) is 5.16 Å². The zero-order valence-electron chi connectivity index (χ0n) is 17.3. The molecule has 2 amide bonds. The highest BCUT2D eigenvalue weighted by molar-refractivity contribution is 7.99. The van der Waals surface area contributed by atoms with Gasteiger partial charge in [0.25, 0.3) is 0 Å². The van der Waals surface area contributed by atoms with Gasteiger partial charge in [0.2, 0.25) is 11.8 Å². The van der Waals surface area contributed by atoms with Crippen molar-refractivity contribution in [2.45, 2.75) is 25.0 Å². The van der Waals surface area contributed by atoms with E-state index in [2.05, 4.69) is 27.4 Å². The van der Waals surface area contributed by atoms with Crippen LogP contribution in [0.15, 0.2) is 60.3 Å². The summed E-state index contributed by atoms with van der Waals surface area (Å²) in [5.41, 5.74) is 2.26. The summed E-state index contributed by atoms with van der Waals surface area (Å²) in [6, 6.07) is 12.5. The van der Waals surface area contributed by atoms with Crippen LogP contribution in [0.3, 0.4) is 0 Å². The summed E-state index contributed by atoms with van der Waals surface area (Å²) in [5, 5.41) is 15.0. The molecule has 0 spiro atoms. The van der Waals surface area contributed by atoms with Gasteiger partial charge in [-0.15, -0.1) is 16.8 Å². The molecule has 0 aliphatic rings. The minimum atomic E-state index is -0.319. The predicted octanol–water partition coefficient (Wildman–Crippen LogP) is 4.99. The van der Waals surface area contributed by atoms with Gasteiger partial charge in [-0.2, -0.15) is 0 Å². The van der Waals surface area contributed by atoms with Crippen molar-refractivity contribution < 1.29 is 9.59 Å². The smallest absolute Gasteiger partial charge is 0.234 e. The molecule has 32 heavy (non-hydrogen) atoms. The van der Waals surface area contributed by atoms with E-state index in [1.807, 2.05) is 31.2 Å². The second-order valence-corrected chi connectivity index (χ2v) is 8.55. The number of anilines is 2. The van der Waals surface area contributed by atoms with E-state index in [0.717, 1.165) is 11.3 Å². The van der Waals surface area contributed by atoms with Gasteiger partial charge in [-0.3, -0.25) is 9.59 Å². The van der Waals surface area contributed by atoms with Gasteiger partial charge in [0, 0.05) is 12.2 Å². The molecule has 3 rings (SSSR count). The first-order valence-electron chi connectivity index (χ1n) is 9.63. The standard InChI is InChI=1S/C22H21Cl2N5O2S/c1-3-11-29-18(12-19(30)26-17-6-4-5-16(23)21(17)24)27-28-22(29)32-13-20(31)25-15-9-7-14(2)8-10-15/h3-10H,1,11-13H2,2H3,(H,25,31)(H,26,30). The molecule has 0 aliphatic heterocycles. The molecule has 0 unspecified atom stereocenters. The van der Waals surface area contributed by atoms with Crippen molar-refractivity contribution in [2.75, 3.05) is 16.4 Å². The van der Waals surface area contributed by atoms with Crippen molar-refractivity contribution in [3.63, 3.8) is 0 Å². The topological polar surface area (TPSA) is 88.9 Å². The summed E-state index contributed by atoms with van der Waals surface area (Å²) >= 11 is 13.4. The van der Waals surface area contributed by atoms with Crippen LogP contribution >= 0.6 is 35.0 Å². The molecule has 0 fully saturated rings. The number of nitrogens with one attached hydrogen (secondary N) is 2. The molecule has 2 N–H and O–H groups in total. The first kappa shape index (κ1) is 23.8. The van der Waals surface area contributed by atoms with E-state index in [0.29, 0.717) is 28.2 Å². The summed E-state index contributed by atoms with van der Waals surface area (Å²) in [5.74, 6) is 0.109. The maximum Gasteiger partial charge on any atom is 0.234 e. The first-order valence-corrected chi connectivity index (χ1v) is 11.4. The van der Waals surface area contributed by atoms with Crippen LogP contribution < -0.4 is 10.6 Å². The van der Waals surface area contributed by atoms with E-state index >= 15 is 0 Å². The maximum atomic E-state index is 12.5. The number of hydrogen-bond acceptors (Lipinski definition) is 5. The molecule has 0 saturated carbocycles. The molecule has 1 heterocycles. The lowest BCUT2D eigenvalue weighted by atomic mass is 10.2. The minimum absolute atomic E-state index is 0.0280. The molecule has 0 radical (unpaired) electrons. The normalized spacial score (nSPS) is 10.6. The van der Waals surface area contributed by atoms with Crippen molar-refractivity contribution in [3.8, 4) is 0 Å². The third-order valence-corrected chi connectivity index (χ3v) is 6.10. The molecule has 2 aromatic carbocycles. The molecule has 10 heteroatoms. The number of benzene rings is 2. The van der Waals surface area contributed by atoms with Gasteiger partial charge in [0.05, 0.1) is 27.9 Å². The zero-order chi connectivity index (χ0) is 23.1. The summed E-state index contributed by atoms with van der Waals surface area (Å²) in [4.78, 5) is 24.8. The highest BCUT2D eigenvalue weighted by atomic mass is 35.5. The fourth-order valence-electron chi connectivity index (χ4n) is 2.77. The second kappa shape index (κ2) is 11.2. The number of carbonyl (C=O) groups is 2. The number of thioether (sulfide) groups is 1. The van der Waals surface area contributed by atoms with Crippen LogP contribution in [-0.2, 0) is 22.6 Å². The third kappa shape index (κ3) is 6.35. The Morgan fingerprint density at radius 1 is 1.09 bits per heavy atom. The third-order valence-electron chi connectivity index (χ3n) is 4.32. The molecule has 0 aliphatic carbocycles. The maximum absolute atomic E-state index is 12.5. The van der Waals surface area contributed by atoms with Gasteiger partial charge >= 0.3 is 0 Å². The van der Waals surface area contributed by atoms with Crippen molar-refractivity contribution in [3.05, 3.63) is 76.6 Å². The number of aromatic nitrogens is 3. The van der Waals surface area contributed by atoms with Crippen molar-refractivity contribution in [1.82, 2.24) is 14.8 Å². The monoisotopic (exact) mass is 489 g/mol. The molecule has 166 valence electrons. The molecule has 7 nitrogen and oxygen atoms in total. The Labute approximate surface area is 200 Å². The van der Waals surface area contributed by atoms with E-state index in [9.17, 15) is 9.59 Å². The van der Waals surface area contributed by atoms with Crippen LogP contribution in [0.4, 0.5) is 11.4 Å². The number of aryl methyl sites for hydroxylation is 1. The van der Waals surface area contributed by atoms with Crippen LogP contribution in [0, 0.1) is 6.92 Å². The van der Waals surface area contributed by atoms with Crippen LogP contribution in [0.25, 0.3) is 0 Å². The Kier molecular flexibility index (Phi) is 8.33. The van der Waals surface area contributed by atoms with Crippen LogP contribution in [-0.4, -0.2) is 32.3 Å². The van der Waals surface area contributed by atoms with Crippen LogP contribution in [0.2, 0.25) is 10.0 Å². The van der Waals surface area contributed by atoms with Gasteiger partial charge < -0.3 is 15.2 Å². The number of carbonyl (C=O) groups excluding carboxylic acids is 2. The lowest BCUT2D eigenvalue weighted by molar-refractivity contribution is -0.116. The molecule has 0 saturated heterocycles. The molecular weight excluding hydrogens is 469 g/mol. The van der Waals surface area contributed by atoms with Gasteiger partial charge in [-0.1, -0.05) is 64.8 Å². The average Bonchev–Trinajstić information content (AvgIpc) is 3.13. The molecule has 3 aromatic rings. The Morgan fingerprint density at radius 3 is 2.56 bits per heavy atom. The van der Waals surface area contributed by atoms with Crippen molar-refractivity contribution >= 4 is 58.2 Å². The SMILES string of the molecule is C=CCn1c(CC(=O)Nc2cccc(Cl)c2Cl)nnc1SCC(=O)Nc1ccc(C)cc1. The summed E-state index contributed by atoms with van der Waals surface area (Å²) < 4.78 is 1.75. The second-order valence-electron chi connectivity index (χ2n) is 6.83. The highest BCUT2D eigenvalue weighted by Gasteiger charge is 2.17. The number of halogens is 2. The first-order chi connectivity index (χ1) is 15.4. The Balaban J connectivity index is 1.63. The number of allylic oxidation sites excluding steroid dienone is 1. The minimum Gasteiger partial charge on any atom is -0.325 e. The Hall–Kier alpha value is -2.81. The highest BCUT2D eigenvalue weighted by Crippen LogP contribution is 2.29. The van der Waals surface area contributed by atoms with Gasteiger partial charge in [0.1, 0.15) is 5.82 Å². The van der Waals surface area contributed by atoms with E-state index in [4.69, 9.17) is 23.2 Å². The molecular formula is C22H21Cl2N5O2S. The van der Waals surface area contributed by atoms with E-state index in [-0.39, 0.29) is 29.0 Å². The lowest BCUT2D eigenvalue weighted by Gasteiger charge is -2.10. The van der Waals surface area contributed by atoms with Crippen LogP contribution in [0.1, 0.15) is 11.4 Å². The average molecular weight is 490 g/mol. The molecule has 0 atom stereocenters. The summed E-state index contributed by atoms with van der Waals surface area (Å²) in [7, 11) is 0. The molecule has 0 bridgehead atoms. The van der Waals surface area contributed by atoms with Gasteiger partial charge in [-0.05, 0) is 31.2 Å². The van der Waals surface area contributed by atoms with E-state index < -0.39 is 0 Å². The fourth-order valence-corrected chi connectivity index (χ4v) is 3.89. The molecule has 1 aromatic heterocycles. The van der Waals surface area contributed by atoms with Crippen molar-refractivity contribution in [2.24, 2.45) is 0 Å². The predicted molar refractivity (Wildman–Crippen MR) is 130 cm³/mol. The quantitative estimate of drug-likeness (QED) is 0.326. The number of hydrogen-bond donors (Lipinski definition) is 2. The van der Waals surface area contributed by atoms with Gasteiger partial charge in [-0.25, -0.2) is 0 Å². The fraction of sp³-hybridized carbons (Fsp3) is 0.182. The van der Waals surface area contributed by atoms with Crippen LogP contribution in [0.5, 0.6) is 0 Å². The Bertz CT molecular complexity index is 1130. The lowest BCUT2D eigenvalue weighted by Crippen LogP contribution is -2.18. The van der Waals surface area contributed by atoms with E-state index in [1.54, 1.807) is 28.8 Å². The number of amides is 2. The zero-order valence-corrected chi connectivity index (χ0v) is 19.6. The van der Waals surface area contributed by atoms with E-state index in [1.165, 1.54) is 11.8 Å². The van der Waals surface area contributed by atoms with Crippen molar-refractivity contribution in [1.29, 1.82) is 0 Å². The summed E-state index contributed by atoms with van der Waals surface area (Å²) in [6.07, 6.45) is 1.65. The number of nitrogens with zero attached hydrogens (tertiary/aromatic N) is 3. The largest absolute Gasteiger partial charge is 0.325 e. The summed E-state index contributed by atoms with van der Waals surface area (Å²) in [6.45, 7) is 6.13. The Morgan fingerprint density at radius 2 is 1.84 bits per heavy atom.